The van der Waals surface area contributed by atoms with Gasteiger partial charge in [-0.25, -0.2) is 0 Å². The number of amides is 2. The highest BCUT2D eigenvalue weighted by Crippen LogP contribution is 2.45. The number of nitrogens with one attached hydrogen (secondary N) is 2. The van der Waals surface area contributed by atoms with Crippen LogP contribution in [-0.4, -0.2) is 135 Å². The molecule has 2 amide bonds. The van der Waals surface area contributed by atoms with Crippen molar-refractivity contribution in [2.24, 2.45) is 16.2 Å². The molecule has 0 saturated carbocycles. The summed E-state index contributed by atoms with van der Waals surface area (Å²) in [6.45, 7) is 11.1. The molecule has 0 aromatic rings. The number of aliphatic hydroxyl groups excluding tert-OH is 3. The van der Waals surface area contributed by atoms with E-state index in [4.69, 9.17) is 28.4 Å². The molecule has 1 saturated heterocycles. The minimum absolute atomic E-state index is 0.0180. The molecule has 0 aliphatic carbocycles. The highest BCUT2D eigenvalue weighted by molar-refractivity contribution is 5.81. The van der Waals surface area contributed by atoms with E-state index in [9.17, 15) is 44.6 Å². The fourth-order valence-electron chi connectivity index (χ4n) is 7.32. The van der Waals surface area contributed by atoms with Crippen molar-refractivity contribution >= 4 is 29.5 Å². The third-order valence-electron chi connectivity index (χ3n) is 10.6. The third kappa shape index (κ3) is 21.0. The van der Waals surface area contributed by atoms with Crippen LogP contribution in [0.1, 0.15) is 131 Å². The largest absolute Gasteiger partial charge is 0.465 e. The number of aliphatic hydroxyl groups is 3. The number of nitriles is 1. The van der Waals surface area contributed by atoms with Crippen LogP contribution in [0.2, 0.25) is 0 Å². The van der Waals surface area contributed by atoms with E-state index in [-0.39, 0.29) is 83.4 Å². The van der Waals surface area contributed by atoms with Crippen molar-refractivity contribution in [3.05, 3.63) is 0 Å². The van der Waals surface area contributed by atoms with E-state index in [0.717, 1.165) is 38.5 Å². The maximum Gasteiger partial charge on any atom is 0.311 e. The second-order valence-corrected chi connectivity index (χ2v) is 17.0. The molecular formula is C43H75N3O14. The maximum absolute atomic E-state index is 13.5. The number of ketones is 1. The lowest BCUT2D eigenvalue weighted by molar-refractivity contribution is -0.270. The van der Waals surface area contributed by atoms with E-state index in [2.05, 4.69) is 23.6 Å². The molecule has 1 aliphatic heterocycles. The molecule has 1 aliphatic rings. The zero-order valence-electron chi connectivity index (χ0n) is 37.2. The van der Waals surface area contributed by atoms with Crippen molar-refractivity contribution in [3.8, 4) is 6.07 Å². The van der Waals surface area contributed by atoms with Gasteiger partial charge in [-0.05, 0) is 66.2 Å². The average molecular weight is 858 g/mol. The molecular weight excluding hydrogens is 782 g/mol. The molecule has 0 radical (unpaired) electrons. The predicted molar refractivity (Wildman–Crippen MR) is 220 cm³/mol. The molecule has 5 N–H and O–H groups in total. The number of rotatable bonds is 33. The van der Waals surface area contributed by atoms with E-state index in [0.29, 0.717) is 25.9 Å². The van der Waals surface area contributed by atoms with Gasteiger partial charge in [-0.1, -0.05) is 39.0 Å². The van der Waals surface area contributed by atoms with Gasteiger partial charge in [0.05, 0.1) is 55.3 Å². The van der Waals surface area contributed by atoms with Crippen LogP contribution in [0, 0.1) is 27.6 Å². The summed E-state index contributed by atoms with van der Waals surface area (Å²) in [5.74, 6) is -1.64. The van der Waals surface area contributed by atoms with E-state index in [1.54, 1.807) is 27.7 Å². The second kappa shape index (κ2) is 29.1. The van der Waals surface area contributed by atoms with Gasteiger partial charge < -0.3 is 54.4 Å². The molecule has 2 unspecified atom stereocenters. The minimum atomic E-state index is -1.38. The lowest BCUT2D eigenvalue weighted by Crippen LogP contribution is -2.64. The maximum atomic E-state index is 13.5. The van der Waals surface area contributed by atoms with Gasteiger partial charge in [0.25, 0.3) is 0 Å². The smallest absolute Gasteiger partial charge is 0.311 e. The number of nitrogens with zero attached hydrogens (tertiary/aromatic N) is 1. The van der Waals surface area contributed by atoms with Crippen LogP contribution in [0.15, 0.2) is 0 Å². The summed E-state index contributed by atoms with van der Waals surface area (Å²) in [6.07, 6.45) is 2.79. The van der Waals surface area contributed by atoms with Crippen LogP contribution in [0.4, 0.5) is 0 Å². The number of hydrogen-bond acceptors (Lipinski definition) is 15. The van der Waals surface area contributed by atoms with Gasteiger partial charge in [0.1, 0.15) is 36.7 Å². The molecule has 17 heteroatoms. The van der Waals surface area contributed by atoms with Gasteiger partial charge in [-0.3, -0.25) is 24.0 Å². The van der Waals surface area contributed by atoms with Gasteiger partial charge in [0, 0.05) is 46.4 Å². The molecule has 60 heavy (non-hydrogen) atoms. The summed E-state index contributed by atoms with van der Waals surface area (Å²) in [5.41, 5.74) is -3.38. The van der Waals surface area contributed by atoms with Crippen LogP contribution in [0.5, 0.6) is 0 Å². The van der Waals surface area contributed by atoms with Crippen LogP contribution < -0.4 is 10.6 Å². The fourth-order valence-corrected chi connectivity index (χ4v) is 7.32. The van der Waals surface area contributed by atoms with Gasteiger partial charge in [0.15, 0.2) is 6.29 Å². The molecule has 0 spiro atoms. The summed E-state index contributed by atoms with van der Waals surface area (Å²) in [5, 5.41) is 45.5. The lowest BCUT2D eigenvalue weighted by atomic mass is 9.65. The molecule has 7 atom stereocenters. The summed E-state index contributed by atoms with van der Waals surface area (Å²) >= 11 is 0. The standard InChI is InChI=1S/C43H75N3O14/c1-8-9-10-14-22-58-39(53)41(3,4)28-43(6,40(54)59-26-25-55-7)29-42(5,30-44)19-17-34(50)45-20-24-56-23-18-32(49)16-13-11-12-15-21-57-38-35(46-31(2)48)37(52)36(51)33(27-47)60-38/h33,35-38,47,51-52H,8-29H2,1-7H3,(H,45,50)(H,46,48)/t33-,35+,36+,37-,38-,42?,43?/m1/s1. The van der Waals surface area contributed by atoms with E-state index >= 15 is 0 Å². The number of Topliss-reactive ketones (excluding diaryl/α,β-unsaturated/α-hetero) is 1. The first kappa shape index (κ1) is 54.8. The Hall–Kier alpha value is -3.24. The van der Waals surface area contributed by atoms with Crippen LogP contribution >= 0.6 is 0 Å². The Balaban J connectivity index is 2.44. The van der Waals surface area contributed by atoms with Gasteiger partial charge in [-0.15, -0.1) is 0 Å². The van der Waals surface area contributed by atoms with Crippen molar-refractivity contribution < 1.29 is 67.7 Å². The van der Waals surface area contributed by atoms with Crippen molar-refractivity contribution in [3.63, 3.8) is 0 Å². The minimum Gasteiger partial charge on any atom is -0.465 e. The average Bonchev–Trinajstić information content (AvgIpc) is 3.19. The molecule has 1 fully saturated rings. The Labute approximate surface area is 356 Å². The number of hydrogen-bond donors (Lipinski definition) is 5. The number of ether oxygens (including phenoxy) is 6. The SMILES string of the molecule is CCCCCCOC(=O)C(C)(C)CC(C)(CC(C)(C#N)CCC(=O)NCCOCCC(=O)CCCCCCO[C@@H]1O[C@H](CO)[C@H](O)[C@H](O)[C@@H]1NC(C)=O)C(=O)OCCOC. The zero-order valence-corrected chi connectivity index (χ0v) is 37.2. The van der Waals surface area contributed by atoms with Gasteiger partial charge >= 0.3 is 11.9 Å². The van der Waals surface area contributed by atoms with E-state index < -0.39 is 71.3 Å². The Bertz CT molecular complexity index is 1340. The van der Waals surface area contributed by atoms with E-state index in [1.165, 1.54) is 14.0 Å². The normalized spacial score (nSPS) is 21.2. The summed E-state index contributed by atoms with van der Waals surface area (Å²) in [6, 6.07) is 1.31. The molecule has 1 rings (SSSR count). The van der Waals surface area contributed by atoms with Crippen LogP contribution in [0.3, 0.4) is 0 Å². The Kier molecular flexibility index (Phi) is 26.6. The van der Waals surface area contributed by atoms with Crippen molar-refractivity contribution in [1.29, 1.82) is 5.26 Å². The van der Waals surface area contributed by atoms with Crippen LogP contribution in [0.25, 0.3) is 0 Å². The Morgan fingerprint density at radius 1 is 0.783 bits per heavy atom. The number of unbranched alkanes of at least 4 members (excludes halogenated alkanes) is 6. The molecule has 1 heterocycles. The molecule has 346 valence electrons. The highest BCUT2D eigenvalue weighted by Gasteiger charge is 2.48. The highest BCUT2D eigenvalue weighted by atomic mass is 16.7. The lowest BCUT2D eigenvalue weighted by Gasteiger charge is -2.42. The van der Waals surface area contributed by atoms with Gasteiger partial charge in [0.2, 0.25) is 11.8 Å². The first-order chi connectivity index (χ1) is 28.4. The van der Waals surface area contributed by atoms with Crippen molar-refractivity contribution in [2.75, 3.05) is 59.9 Å². The number of methoxy groups -OCH3 is 1. The monoisotopic (exact) mass is 858 g/mol. The Morgan fingerprint density at radius 3 is 2.10 bits per heavy atom. The quantitative estimate of drug-likeness (QED) is 0.0469. The third-order valence-corrected chi connectivity index (χ3v) is 10.6. The summed E-state index contributed by atoms with van der Waals surface area (Å²) < 4.78 is 32.9. The summed E-state index contributed by atoms with van der Waals surface area (Å²) in [7, 11) is 1.49. The first-order valence-corrected chi connectivity index (χ1v) is 21.5. The van der Waals surface area contributed by atoms with Crippen molar-refractivity contribution in [2.45, 2.75) is 162 Å². The summed E-state index contributed by atoms with van der Waals surface area (Å²) in [4.78, 5) is 63.3. The molecule has 17 nitrogen and oxygen atoms in total. The van der Waals surface area contributed by atoms with Crippen LogP contribution in [-0.2, 0) is 52.4 Å². The Morgan fingerprint density at radius 2 is 1.45 bits per heavy atom. The number of carbonyl (C=O) groups excluding carboxylic acids is 5. The van der Waals surface area contributed by atoms with Gasteiger partial charge in [-0.2, -0.15) is 5.26 Å². The predicted octanol–water partition coefficient (Wildman–Crippen LogP) is 3.43. The molecule has 0 aromatic carbocycles. The fraction of sp³-hybridized carbons (Fsp3) is 0.860. The topological polar surface area (TPSA) is 249 Å². The first-order valence-electron chi connectivity index (χ1n) is 21.5. The zero-order chi connectivity index (χ0) is 45.2. The van der Waals surface area contributed by atoms with E-state index in [1.807, 2.05) is 0 Å². The molecule has 0 aromatic heterocycles. The number of esters is 2. The second-order valence-electron chi connectivity index (χ2n) is 17.0. The van der Waals surface area contributed by atoms with Crippen molar-refractivity contribution in [1.82, 2.24) is 10.6 Å². The molecule has 0 bridgehead atoms. The number of carbonyl (C=O) groups is 5.